The number of anilines is 1. The molecule has 88 valence electrons. The molecule has 0 aliphatic carbocycles. The first kappa shape index (κ1) is 10.0. The fourth-order valence-corrected chi connectivity index (χ4v) is 1.89. The Balaban J connectivity index is 1.85. The third kappa shape index (κ3) is 1.80. The van der Waals surface area contributed by atoms with E-state index < -0.39 is 0 Å². The number of aryl methyl sites for hydroxylation is 1. The quantitative estimate of drug-likeness (QED) is 0.846. The lowest BCUT2D eigenvalue weighted by atomic mass is 10.1. The highest BCUT2D eigenvalue weighted by Gasteiger charge is 2.13. The monoisotopic (exact) mass is 231 g/mol. The molecule has 0 atom stereocenters. The largest absolute Gasteiger partial charge is 0.454 e. The number of hydrogen-bond donors (Lipinski definition) is 1. The van der Waals surface area contributed by atoms with Gasteiger partial charge in [-0.25, -0.2) is 4.98 Å². The van der Waals surface area contributed by atoms with E-state index >= 15 is 0 Å². The molecule has 17 heavy (non-hydrogen) atoms. The first-order valence-corrected chi connectivity index (χ1v) is 5.38. The molecule has 0 saturated heterocycles. The van der Waals surface area contributed by atoms with Crippen LogP contribution in [0.3, 0.4) is 0 Å². The number of ether oxygens (including phenoxy) is 2. The van der Waals surface area contributed by atoms with E-state index in [2.05, 4.69) is 4.98 Å². The van der Waals surface area contributed by atoms with Gasteiger partial charge in [0.1, 0.15) is 0 Å². The van der Waals surface area contributed by atoms with Gasteiger partial charge in [0.2, 0.25) is 6.79 Å². The van der Waals surface area contributed by atoms with Crippen molar-refractivity contribution in [2.45, 2.75) is 6.42 Å². The van der Waals surface area contributed by atoms with Crippen LogP contribution in [0.25, 0.3) is 0 Å². The van der Waals surface area contributed by atoms with Crippen LogP contribution >= 0.6 is 0 Å². The average Bonchev–Trinajstić information content (AvgIpc) is 2.86. The van der Waals surface area contributed by atoms with Crippen LogP contribution in [0.4, 0.5) is 5.95 Å². The maximum Gasteiger partial charge on any atom is 0.231 e. The number of rotatable bonds is 2. The summed E-state index contributed by atoms with van der Waals surface area (Å²) in [6, 6.07) is 5.91. The molecule has 0 radical (unpaired) electrons. The third-order valence-corrected chi connectivity index (χ3v) is 2.78. The van der Waals surface area contributed by atoms with E-state index in [0.717, 1.165) is 29.2 Å². The Morgan fingerprint density at radius 2 is 2.18 bits per heavy atom. The maximum absolute atomic E-state index is 5.69. The number of nitrogens with zero attached hydrogens (tertiary/aromatic N) is 2. The van der Waals surface area contributed by atoms with E-state index in [1.54, 1.807) is 0 Å². The smallest absolute Gasteiger partial charge is 0.231 e. The van der Waals surface area contributed by atoms with E-state index in [9.17, 15) is 0 Å². The summed E-state index contributed by atoms with van der Waals surface area (Å²) in [5.41, 5.74) is 7.77. The number of nitrogen functional groups attached to an aromatic ring is 1. The Hall–Kier alpha value is -2.17. The summed E-state index contributed by atoms with van der Waals surface area (Å²) in [5, 5.41) is 0. The van der Waals surface area contributed by atoms with Crippen LogP contribution in [-0.2, 0) is 13.5 Å². The summed E-state index contributed by atoms with van der Waals surface area (Å²) >= 11 is 0. The molecule has 0 fully saturated rings. The van der Waals surface area contributed by atoms with Gasteiger partial charge in [-0.05, 0) is 17.7 Å². The van der Waals surface area contributed by atoms with Gasteiger partial charge < -0.3 is 19.8 Å². The number of aromatic nitrogens is 2. The molecule has 2 N–H and O–H groups in total. The molecule has 0 saturated carbocycles. The maximum atomic E-state index is 5.69. The fourth-order valence-electron chi connectivity index (χ4n) is 1.89. The van der Waals surface area contributed by atoms with E-state index in [1.165, 1.54) is 0 Å². The van der Waals surface area contributed by atoms with Crippen LogP contribution in [0.1, 0.15) is 11.3 Å². The second-order valence-corrected chi connectivity index (χ2v) is 4.07. The van der Waals surface area contributed by atoms with Gasteiger partial charge in [-0.1, -0.05) is 6.07 Å². The predicted octanol–water partition coefficient (Wildman–Crippen LogP) is 1.32. The van der Waals surface area contributed by atoms with Crippen LogP contribution in [0.2, 0.25) is 0 Å². The summed E-state index contributed by atoms with van der Waals surface area (Å²) in [7, 11) is 1.88. The molecule has 0 amide bonds. The van der Waals surface area contributed by atoms with Gasteiger partial charge in [0.15, 0.2) is 17.4 Å². The van der Waals surface area contributed by atoms with Gasteiger partial charge in [-0.3, -0.25) is 0 Å². The second kappa shape index (κ2) is 3.69. The van der Waals surface area contributed by atoms with Gasteiger partial charge in [0, 0.05) is 19.7 Å². The summed E-state index contributed by atoms with van der Waals surface area (Å²) in [5.74, 6) is 2.13. The minimum Gasteiger partial charge on any atom is -0.454 e. The average molecular weight is 231 g/mol. The van der Waals surface area contributed by atoms with Crippen molar-refractivity contribution in [3.05, 3.63) is 35.7 Å². The van der Waals surface area contributed by atoms with Gasteiger partial charge >= 0.3 is 0 Å². The molecule has 2 aromatic rings. The van der Waals surface area contributed by atoms with Crippen molar-refractivity contribution in [3.8, 4) is 11.5 Å². The van der Waals surface area contributed by atoms with Crippen molar-refractivity contribution in [2.24, 2.45) is 7.05 Å². The van der Waals surface area contributed by atoms with Crippen molar-refractivity contribution in [1.82, 2.24) is 9.55 Å². The van der Waals surface area contributed by atoms with Crippen molar-refractivity contribution < 1.29 is 9.47 Å². The molecular weight excluding hydrogens is 218 g/mol. The molecule has 3 rings (SSSR count). The number of imidazole rings is 1. The lowest BCUT2D eigenvalue weighted by molar-refractivity contribution is 0.174. The lowest BCUT2D eigenvalue weighted by Gasteiger charge is -2.00. The van der Waals surface area contributed by atoms with Crippen molar-refractivity contribution >= 4 is 5.95 Å². The normalized spacial score (nSPS) is 13.0. The Morgan fingerprint density at radius 1 is 1.35 bits per heavy atom. The van der Waals surface area contributed by atoms with Crippen molar-refractivity contribution in [1.29, 1.82) is 0 Å². The summed E-state index contributed by atoms with van der Waals surface area (Å²) in [6.45, 7) is 0.301. The topological polar surface area (TPSA) is 62.3 Å². The molecule has 5 nitrogen and oxygen atoms in total. The number of benzene rings is 1. The first-order valence-electron chi connectivity index (χ1n) is 5.38. The van der Waals surface area contributed by atoms with Gasteiger partial charge in [-0.2, -0.15) is 0 Å². The zero-order chi connectivity index (χ0) is 11.8. The van der Waals surface area contributed by atoms with Crippen molar-refractivity contribution in [2.75, 3.05) is 12.5 Å². The Morgan fingerprint density at radius 3 is 2.94 bits per heavy atom. The summed E-state index contributed by atoms with van der Waals surface area (Å²) in [6.07, 6.45) is 2.67. The molecular formula is C12H13N3O2. The van der Waals surface area contributed by atoms with Crippen LogP contribution < -0.4 is 15.2 Å². The second-order valence-electron chi connectivity index (χ2n) is 4.07. The first-order chi connectivity index (χ1) is 8.22. The zero-order valence-corrected chi connectivity index (χ0v) is 9.51. The summed E-state index contributed by atoms with van der Waals surface area (Å²) < 4.78 is 12.4. The molecule has 2 heterocycles. The molecule has 0 spiro atoms. The van der Waals surface area contributed by atoms with Gasteiger partial charge in [0.05, 0.1) is 5.69 Å². The van der Waals surface area contributed by atoms with E-state index in [1.807, 2.05) is 36.0 Å². The third-order valence-electron chi connectivity index (χ3n) is 2.78. The Kier molecular flexibility index (Phi) is 2.18. The molecule has 0 bridgehead atoms. The molecule has 1 aliphatic heterocycles. The number of fused-ring (bicyclic) bond motifs is 1. The van der Waals surface area contributed by atoms with E-state index in [0.29, 0.717) is 12.7 Å². The van der Waals surface area contributed by atoms with Gasteiger partial charge in [0.25, 0.3) is 0 Å². The Labute approximate surface area is 98.8 Å². The fraction of sp³-hybridized carbons (Fsp3) is 0.250. The van der Waals surface area contributed by atoms with Crippen LogP contribution in [0, 0.1) is 0 Å². The highest BCUT2D eigenvalue weighted by molar-refractivity contribution is 5.45. The Bertz CT molecular complexity index is 543. The predicted molar refractivity (Wildman–Crippen MR) is 63.0 cm³/mol. The molecule has 1 aromatic carbocycles. The lowest BCUT2D eigenvalue weighted by Crippen LogP contribution is -1.94. The number of hydrogen-bond acceptors (Lipinski definition) is 4. The van der Waals surface area contributed by atoms with Crippen LogP contribution in [-0.4, -0.2) is 16.3 Å². The standard InChI is InChI=1S/C12H13N3O2/c1-15-6-9(14-12(15)13)4-8-2-3-10-11(5-8)17-7-16-10/h2-3,5-6H,4,7H2,1H3,(H2,13,14). The number of nitrogens with two attached hydrogens (primary N) is 1. The van der Waals surface area contributed by atoms with Crippen molar-refractivity contribution in [3.63, 3.8) is 0 Å². The van der Waals surface area contributed by atoms with Gasteiger partial charge in [-0.15, -0.1) is 0 Å². The van der Waals surface area contributed by atoms with E-state index in [4.69, 9.17) is 15.2 Å². The molecule has 5 heteroatoms. The molecule has 0 unspecified atom stereocenters. The summed E-state index contributed by atoms with van der Waals surface area (Å²) in [4.78, 5) is 4.27. The van der Waals surface area contributed by atoms with Crippen LogP contribution in [0.5, 0.6) is 11.5 Å². The zero-order valence-electron chi connectivity index (χ0n) is 9.51. The van der Waals surface area contributed by atoms with E-state index in [-0.39, 0.29) is 0 Å². The van der Waals surface area contributed by atoms with Crippen LogP contribution in [0.15, 0.2) is 24.4 Å². The minimum atomic E-state index is 0.301. The minimum absolute atomic E-state index is 0.301. The molecule has 1 aromatic heterocycles. The highest BCUT2D eigenvalue weighted by Crippen LogP contribution is 2.32. The molecule has 1 aliphatic rings. The SMILES string of the molecule is Cn1cc(Cc2ccc3c(c2)OCO3)nc1N. The highest BCUT2D eigenvalue weighted by atomic mass is 16.7.